The Kier molecular flexibility index (Phi) is 7.86. The SMILES string of the molecule is CCN(CC)CCN(C(=O)c1ccccc1S(=O)(=O)CC)c1nc2ccc(OC)cc2s1. The topological polar surface area (TPSA) is 79.8 Å². The van der Waals surface area contributed by atoms with Gasteiger partial charge in [-0.15, -0.1) is 0 Å². The summed E-state index contributed by atoms with van der Waals surface area (Å²) in [6.45, 7) is 8.49. The lowest BCUT2D eigenvalue weighted by molar-refractivity contribution is 0.0980. The van der Waals surface area contributed by atoms with Crippen LogP contribution in [-0.4, -0.2) is 63.3 Å². The van der Waals surface area contributed by atoms with Gasteiger partial charge in [0.2, 0.25) is 0 Å². The number of aromatic nitrogens is 1. The zero-order valence-electron chi connectivity index (χ0n) is 18.9. The van der Waals surface area contributed by atoms with Gasteiger partial charge in [0, 0.05) is 13.1 Å². The molecule has 0 spiro atoms. The first kappa shape index (κ1) is 24.2. The van der Waals surface area contributed by atoms with Gasteiger partial charge in [-0.25, -0.2) is 13.4 Å². The third-order valence-electron chi connectivity index (χ3n) is 5.43. The van der Waals surface area contributed by atoms with E-state index in [2.05, 4.69) is 23.7 Å². The van der Waals surface area contributed by atoms with E-state index in [1.165, 1.54) is 17.4 Å². The second kappa shape index (κ2) is 10.4. The van der Waals surface area contributed by atoms with E-state index in [0.29, 0.717) is 24.0 Å². The summed E-state index contributed by atoms with van der Waals surface area (Å²) in [6, 6.07) is 12.0. The third kappa shape index (κ3) is 5.11. The summed E-state index contributed by atoms with van der Waals surface area (Å²) >= 11 is 1.39. The van der Waals surface area contributed by atoms with Gasteiger partial charge in [0.25, 0.3) is 5.91 Å². The number of sulfone groups is 1. The molecule has 1 aromatic heterocycles. The van der Waals surface area contributed by atoms with Crippen molar-refractivity contribution in [1.82, 2.24) is 9.88 Å². The van der Waals surface area contributed by atoms with E-state index in [4.69, 9.17) is 4.74 Å². The molecule has 0 N–H and O–H groups in total. The molecule has 0 saturated carbocycles. The van der Waals surface area contributed by atoms with E-state index in [1.807, 2.05) is 18.2 Å². The molecular formula is C23H29N3O4S2. The number of benzene rings is 2. The van der Waals surface area contributed by atoms with Crippen LogP contribution in [0.15, 0.2) is 47.4 Å². The van der Waals surface area contributed by atoms with Crippen molar-refractivity contribution in [2.45, 2.75) is 25.7 Å². The first-order valence-electron chi connectivity index (χ1n) is 10.6. The molecule has 3 aromatic rings. The molecular weight excluding hydrogens is 446 g/mol. The van der Waals surface area contributed by atoms with E-state index in [1.54, 1.807) is 37.1 Å². The van der Waals surface area contributed by atoms with E-state index in [0.717, 1.165) is 23.3 Å². The molecule has 172 valence electrons. The van der Waals surface area contributed by atoms with Crippen molar-refractivity contribution in [2.24, 2.45) is 0 Å². The van der Waals surface area contributed by atoms with Crippen molar-refractivity contribution < 1.29 is 17.9 Å². The first-order valence-corrected chi connectivity index (χ1v) is 13.1. The highest BCUT2D eigenvalue weighted by Gasteiger charge is 2.27. The van der Waals surface area contributed by atoms with Crippen molar-refractivity contribution in [2.75, 3.05) is 43.9 Å². The maximum atomic E-state index is 13.7. The fourth-order valence-corrected chi connectivity index (χ4v) is 5.52. The van der Waals surface area contributed by atoms with Gasteiger partial charge < -0.3 is 9.64 Å². The van der Waals surface area contributed by atoms with Gasteiger partial charge in [-0.2, -0.15) is 0 Å². The molecule has 1 amide bonds. The minimum atomic E-state index is -3.56. The van der Waals surface area contributed by atoms with Crippen LogP contribution in [0.2, 0.25) is 0 Å². The number of methoxy groups -OCH3 is 1. The highest BCUT2D eigenvalue weighted by Crippen LogP contribution is 2.33. The number of carbonyl (C=O) groups is 1. The van der Waals surface area contributed by atoms with Gasteiger partial charge in [-0.05, 0) is 43.4 Å². The molecule has 0 saturated heterocycles. The van der Waals surface area contributed by atoms with Crippen molar-refractivity contribution >= 4 is 42.4 Å². The highest BCUT2D eigenvalue weighted by molar-refractivity contribution is 7.91. The van der Waals surface area contributed by atoms with E-state index >= 15 is 0 Å². The van der Waals surface area contributed by atoms with Crippen LogP contribution >= 0.6 is 11.3 Å². The zero-order valence-corrected chi connectivity index (χ0v) is 20.5. The molecule has 0 atom stereocenters. The maximum absolute atomic E-state index is 13.7. The van der Waals surface area contributed by atoms with Crippen molar-refractivity contribution in [1.29, 1.82) is 0 Å². The largest absolute Gasteiger partial charge is 0.497 e. The van der Waals surface area contributed by atoms with Gasteiger partial charge in [0.05, 0.1) is 33.5 Å². The van der Waals surface area contributed by atoms with Crippen molar-refractivity contribution in [3.63, 3.8) is 0 Å². The molecule has 2 aromatic carbocycles. The standard InChI is InChI=1S/C23H29N3O4S2/c1-5-25(6-2)14-15-26(23-24-19-13-12-17(30-4)16-20(19)31-23)22(27)18-10-8-9-11-21(18)32(28,29)7-3/h8-13,16H,5-7,14-15H2,1-4H3. The second-order valence-electron chi connectivity index (χ2n) is 7.21. The number of likely N-dealkylation sites (N-methyl/N-ethyl adjacent to an activating group) is 1. The lowest BCUT2D eigenvalue weighted by atomic mass is 10.2. The van der Waals surface area contributed by atoms with Crippen LogP contribution in [-0.2, 0) is 9.84 Å². The summed E-state index contributed by atoms with van der Waals surface area (Å²) in [6.07, 6.45) is 0. The molecule has 9 heteroatoms. The zero-order chi connectivity index (χ0) is 23.3. The molecule has 0 unspecified atom stereocenters. The molecule has 0 bridgehead atoms. The van der Waals surface area contributed by atoms with Crippen LogP contribution in [0, 0.1) is 0 Å². The summed E-state index contributed by atoms with van der Waals surface area (Å²) < 4.78 is 31.5. The average molecular weight is 476 g/mol. The Balaban J connectivity index is 2.07. The number of fused-ring (bicyclic) bond motifs is 1. The molecule has 32 heavy (non-hydrogen) atoms. The Labute approximate surface area is 193 Å². The summed E-state index contributed by atoms with van der Waals surface area (Å²) in [5, 5.41) is 0.536. The smallest absolute Gasteiger partial charge is 0.261 e. The minimum absolute atomic E-state index is 0.0584. The lowest BCUT2D eigenvalue weighted by Gasteiger charge is -2.25. The van der Waals surface area contributed by atoms with Crippen molar-refractivity contribution in [3.8, 4) is 5.75 Å². The first-order chi connectivity index (χ1) is 15.3. The number of hydrogen-bond donors (Lipinski definition) is 0. The monoisotopic (exact) mass is 475 g/mol. The average Bonchev–Trinajstić information content (AvgIpc) is 3.24. The van der Waals surface area contributed by atoms with Crippen LogP contribution < -0.4 is 9.64 Å². The molecule has 0 aliphatic heterocycles. The number of rotatable bonds is 10. The molecule has 1 heterocycles. The van der Waals surface area contributed by atoms with Gasteiger partial charge in [-0.1, -0.05) is 44.2 Å². The van der Waals surface area contributed by atoms with Gasteiger partial charge >= 0.3 is 0 Å². The Morgan fingerprint density at radius 2 is 1.78 bits per heavy atom. The van der Waals surface area contributed by atoms with E-state index in [-0.39, 0.29) is 22.1 Å². The van der Waals surface area contributed by atoms with Gasteiger partial charge in [0.1, 0.15) is 5.75 Å². The quantitative estimate of drug-likeness (QED) is 0.439. The molecule has 0 aliphatic rings. The number of amides is 1. The number of hydrogen-bond acceptors (Lipinski definition) is 7. The van der Waals surface area contributed by atoms with Crippen LogP contribution in [0.5, 0.6) is 5.75 Å². The maximum Gasteiger partial charge on any atom is 0.261 e. The summed E-state index contributed by atoms with van der Waals surface area (Å²) in [4.78, 5) is 22.2. The molecule has 3 rings (SSSR count). The number of nitrogens with zero attached hydrogens (tertiary/aromatic N) is 3. The predicted octanol–water partition coefficient (Wildman–Crippen LogP) is 4.09. The number of anilines is 1. The van der Waals surface area contributed by atoms with Gasteiger partial charge in [0.15, 0.2) is 15.0 Å². The number of thiazole rings is 1. The van der Waals surface area contributed by atoms with Gasteiger partial charge in [-0.3, -0.25) is 9.69 Å². The summed E-state index contributed by atoms with van der Waals surface area (Å²) in [7, 11) is -1.95. The van der Waals surface area contributed by atoms with Crippen molar-refractivity contribution in [3.05, 3.63) is 48.0 Å². The molecule has 0 radical (unpaired) electrons. The minimum Gasteiger partial charge on any atom is -0.497 e. The highest BCUT2D eigenvalue weighted by atomic mass is 32.2. The molecule has 0 aliphatic carbocycles. The van der Waals surface area contributed by atoms with Crippen LogP contribution in [0.25, 0.3) is 10.2 Å². The number of ether oxygens (including phenoxy) is 1. The normalized spacial score (nSPS) is 11.8. The predicted molar refractivity (Wildman–Crippen MR) is 130 cm³/mol. The van der Waals surface area contributed by atoms with Crippen LogP contribution in [0.4, 0.5) is 5.13 Å². The fraction of sp³-hybridized carbons (Fsp3) is 0.391. The summed E-state index contributed by atoms with van der Waals surface area (Å²) in [5.41, 5.74) is 0.937. The van der Waals surface area contributed by atoms with Crippen LogP contribution in [0.3, 0.4) is 0 Å². The molecule has 7 nitrogen and oxygen atoms in total. The van der Waals surface area contributed by atoms with E-state index in [9.17, 15) is 13.2 Å². The Bertz CT molecular complexity index is 1190. The Hall–Kier alpha value is -2.49. The fourth-order valence-electron chi connectivity index (χ4n) is 3.42. The summed E-state index contributed by atoms with van der Waals surface area (Å²) in [5.74, 6) is 0.279. The molecule has 0 fully saturated rings. The Morgan fingerprint density at radius 1 is 1.06 bits per heavy atom. The lowest BCUT2D eigenvalue weighted by Crippen LogP contribution is -2.39. The van der Waals surface area contributed by atoms with E-state index < -0.39 is 9.84 Å². The second-order valence-corrected chi connectivity index (χ2v) is 10.5. The number of carbonyl (C=O) groups excluding carboxylic acids is 1. The van der Waals surface area contributed by atoms with Crippen LogP contribution in [0.1, 0.15) is 31.1 Å². The third-order valence-corrected chi connectivity index (χ3v) is 8.25. The Morgan fingerprint density at radius 3 is 2.44 bits per heavy atom.